The molecular weight excluding hydrogens is 954 g/mol. The number of hydrogen-bond acceptors (Lipinski definition) is 8. The van der Waals surface area contributed by atoms with Gasteiger partial charge in [0.2, 0.25) is 0 Å². The summed E-state index contributed by atoms with van der Waals surface area (Å²) in [5, 5.41) is 0. The number of nitrogens with two attached hydrogens (primary N) is 1. The Labute approximate surface area is 462 Å². The van der Waals surface area contributed by atoms with Crippen LogP contribution in [-0.4, -0.2) is 49.3 Å². The molecule has 0 amide bonds. The summed E-state index contributed by atoms with van der Waals surface area (Å²) in [5.74, 6) is -0.825. The van der Waals surface area contributed by atoms with Crippen molar-refractivity contribution in [2.45, 2.75) is 302 Å². The fourth-order valence-corrected chi connectivity index (χ4v) is 9.65. The van der Waals surface area contributed by atoms with E-state index in [9.17, 15) is 19.0 Å². The Balaban J connectivity index is 3.95. The fourth-order valence-electron chi connectivity index (χ4n) is 8.89. The van der Waals surface area contributed by atoms with Gasteiger partial charge in [-0.05, 0) is 89.9 Å². The molecule has 0 heterocycles. The van der Waals surface area contributed by atoms with Gasteiger partial charge in [-0.15, -0.1) is 0 Å². The number of hydrogen-bond donors (Lipinski definition) is 2. The molecular formula is C65H118NO8P. The van der Waals surface area contributed by atoms with Gasteiger partial charge >= 0.3 is 19.8 Å². The second kappa shape index (κ2) is 60.7. The van der Waals surface area contributed by atoms with Crippen molar-refractivity contribution in [3.63, 3.8) is 0 Å². The summed E-state index contributed by atoms with van der Waals surface area (Å²) >= 11 is 0. The van der Waals surface area contributed by atoms with E-state index in [0.29, 0.717) is 6.42 Å². The van der Waals surface area contributed by atoms with E-state index in [0.717, 1.165) is 64.2 Å². The molecule has 10 heteroatoms. The average molecular weight is 1070 g/mol. The van der Waals surface area contributed by atoms with Gasteiger partial charge in [-0.25, -0.2) is 4.57 Å². The highest BCUT2D eigenvalue weighted by Crippen LogP contribution is 2.43. The van der Waals surface area contributed by atoms with E-state index in [1.54, 1.807) is 0 Å². The van der Waals surface area contributed by atoms with Crippen molar-refractivity contribution in [3.05, 3.63) is 72.9 Å². The summed E-state index contributed by atoms with van der Waals surface area (Å²) in [4.78, 5) is 35.3. The molecule has 0 aromatic rings. The zero-order valence-electron chi connectivity index (χ0n) is 48.8. The van der Waals surface area contributed by atoms with E-state index in [1.807, 2.05) is 0 Å². The highest BCUT2D eigenvalue weighted by atomic mass is 31.2. The molecule has 2 unspecified atom stereocenters. The molecule has 0 aliphatic rings. The number of carbonyl (C=O) groups excluding carboxylic acids is 2. The minimum absolute atomic E-state index is 0.0509. The van der Waals surface area contributed by atoms with Crippen molar-refractivity contribution in [1.82, 2.24) is 0 Å². The second-order valence-electron chi connectivity index (χ2n) is 20.9. The molecule has 0 spiro atoms. The van der Waals surface area contributed by atoms with E-state index in [2.05, 4.69) is 86.8 Å². The average Bonchev–Trinajstić information content (AvgIpc) is 3.40. The molecule has 0 saturated heterocycles. The minimum atomic E-state index is -4.39. The molecule has 0 rings (SSSR count). The van der Waals surface area contributed by atoms with E-state index >= 15 is 0 Å². The molecule has 3 N–H and O–H groups in total. The molecule has 0 aromatic carbocycles. The number of allylic oxidation sites excluding steroid dienone is 12. The van der Waals surface area contributed by atoms with Gasteiger partial charge in [0.15, 0.2) is 6.10 Å². The van der Waals surface area contributed by atoms with Gasteiger partial charge in [0.05, 0.1) is 13.2 Å². The van der Waals surface area contributed by atoms with Gasteiger partial charge < -0.3 is 20.1 Å². The van der Waals surface area contributed by atoms with E-state index in [4.69, 9.17) is 24.3 Å². The molecule has 0 bridgehead atoms. The van der Waals surface area contributed by atoms with Crippen LogP contribution in [0.15, 0.2) is 72.9 Å². The van der Waals surface area contributed by atoms with E-state index in [1.165, 1.54) is 199 Å². The number of ether oxygens (including phenoxy) is 2. The Morgan fingerprint density at radius 3 is 1.03 bits per heavy atom. The summed E-state index contributed by atoms with van der Waals surface area (Å²) in [6.45, 7) is 3.75. The first kappa shape index (κ1) is 72.5. The molecule has 0 radical (unpaired) electrons. The van der Waals surface area contributed by atoms with Crippen LogP contribution >= 0.6 is 7.82 Å². The smallest absolute Gasteiger partial charge is 0.462 e. The summed E-state index contributed by atoms with van der Waals surface area (Å²) in [5.41, 5.74) is 5.39. The SMILES string of the molecule is CCCCCCC/C=C\C/C=C\C/C=C\CCCCCCCCCCCCCCC(=O)OCC(COP(=O)(O)OCCN)OC(=O)CCCCCCCCCCCCCC/C=C\C/C=C\C/C=C\CCCCCCC. The second-order valence-corrected chi connectivity index (χ2v) is 22.4. The number of carbonyl (C=O) groups is 2. The highest BCUT2D eigenvalue weighted by molar-refractivity contribution is 7.47. The lowest BCUT2D eigenvalue weighted by atomic mass is 10.0. The maximum absolute atomic E-state index is 12.7. The standard InChI is InChI=1S/C65H118NO8P/c1-3-5-7-9-11-13-15-17-19-21-23-25-27-29-31-33-35-37-39-41-43-45-47-49-51-53-55-57-64(67)71-61-63(62-73-75(69,70)72-60-59-66)74-65(68)58-56-54-52-50-48-46-44-42-40-38-36-34-32-30-28-26-24-22-20-18-16-14-12-10-8-6-4-2/h15-18,21-24,27-30,63H,3-14,19-20,25-26,31-62,66H2,1-2H3,(H,69,70)/b17-15-,18-16-,23-21-,24-22-,29-27-,30-28-. The van der Waals surface area contributed by atoms with E-state index in [-0.39, 0.29) is 38.6 Å². The molecule has 0 aliphatic carbocycles. The molecule has 0 aromatic heterocycles. The summed E-state index contributed by atoms with van der Waals surface area (Å²) in [6, 6.07) is 0. The van der Waals surface area contributed by atoms with E-state index < -0.39 is 26.5 Å². The lowest BCUT2D eigenvalue weighted by Gasteiger charge is -2.19. The van der Waals surface area contributed by atoms with Gasteiger partial charge in [-0.2, -0.15) is 0 Å². The van der Waals surface area contributed by atoms with Gasteiger partial charge in [-0.1, -0.05) is 267 Å². The fraction of sp³-hybridized carbons (Fsp3) is 0.785. The first-order valence-corrected chi connectivity index (χ1v) is 32.9. The third kappa shape index (κ3) is 60.5. The lowest BCUT2D eigenvalue weighted by molar-refractivity contribution is -0.161. The number of unbranched alkanes of at least 4 members (excludes halogenated alkanes) is 34. The first-order chi connectivity index (χ1) is 36.8. The van der Waals surface area contributed by atoms with Gasteiger partial charge in [0.1, 0.15) is 6.61 Å². The Bertz CT molecular complexity index is 1460. The summed E-state index contributed by atoms with van der Waals surface area (Å²) < 4.78 is 33.1. The topological polar surface area (TPSA) is 134 Å². The van der Waals surface area contributed by atoms with Crippen LogP contribution < -0.4 is 5.73 Å². The Hall–Kier alpha value is -2.55. The zero-order valence-corrected chi connectivity index (χ0v) is 49.7. The molecule has 0 saturated carbocycles. The summed E-state index contributed by atoms with van der Waals surface area (Å²) in [6.07, 6.45) is 78.2. The van der Waals surface area contributed by atoms with Crippen LogP contribution in [0.5, 0.6) is 0 Å². The molecule has 436 valence electrons. The van der Waals surface area contributed by atoms with Crippen molar-refractivity contribution in [2.24, 2.45) is 5.73 Å². The van der Waals surface area contributed by atoms with Crippen LogP contribution in [-0.2, 0) is 32.7 Å². The minimum Gasteiger partial charge on any atom is -0.462 e. The van der Waals surface area contributed by atoms with Crippen molar-refractivity contribution >= 4 is 19.8 Å². The first-order valence-electron chi connectivity index (χ1n) is 31.4. The van der Waals surface area contributed by atoms with Crippen LogP contribution in [0.25, 0.3) is 0 Å². The third-order valence-electron chi connectivity index (χ3n) is 13.6. The van der Waals surface area contributed by atoms with Crippen molar-refractivity contribution < 1.29 is 37.6 Å². The van der Waals surface area contributed by atoms with Crippen molar-refractivity contribution in [2.75, 3.05) is 26.4 Å². The van der Waals surface area contributed by atoms with Crippen molar-refractivity contribution in [1.29, 1.82) is 0 Å². The third-order valence-corrected chi connectivity index (χ3v) is 14.5. The molecule has 9 nitrogen and oxygen atoms in total. The van der Waals surface area contributed by atoms with Gasteiger partial charge in [0, 0.05) is 19.4 Å². The quantitative estimate of drug-likeness (QED) is 0.0264. The predicted octanol–water partition coefficient (Wildman–Crippen LogP) is 20.1. The predicted molar refractivity (Wildman–Crippen MR) is 321 cm³/mol. The largest absolute Gasteiger partial charge is 0.472 e. The lowest BCUT2D eigenvalue weighted by Crippen LogP contribution is -2.29. The van der Waals surface area contributed by atoms with Gasteiger partial charge in [-0.3, -0.25) is 18.6 Å². The molecule has 0 aliphatic heterocycles. The number of esters is 2. The number of phosphoric acid groups is 1. The van der Waals surface area contributed by atoms with Crippen LogP contribution in [0.4, 0.5) is 0 Å². The Morgan fingerprint density at radius 2 is 0.693 bits per heavy atom. The van der Waals surface area contributed by atoms with Crippen LogP contribution in [0.2, 0.25) is 0 Å². The number of rotatable bonds is 59. The van der Waals surface area contributed by atoms with Crippen molar-refractivity contribution in [3.8, 4) is 0 Å². The highest BCUT2D eigenvalue weighted by Gasteiger charge is 2.26. The molecule has 75 heavy (non-hydrogen) atoms. The Morgan fingerprint density at radius 1 is 0.400 bits per heavy atom. The maximum Gasteiger partial charge on any atom is 0.472 e. The molecule has 0 fully saturated rings. The summed E-state index contributed by atoms with van der Waals surface area (Å²) in [7, 11) is -4.39. The zero-order chi connectivity index (χ0) is 54.5. The number of phosphoric ester groups is 1. The maximum atomic E-state index is 12.7. The Kier molecular flexibility index (Phi) is 58.6. The molecule has 2 atom stereocenters. The monoisotopic (exact) mass is 1070 g/mol. The van der Waals surface area contributed by atoms with Gasteiger partial charge in [0.25, 0.3) is 0 Å². The van der Waals surface area contributed by atoms with Crippen LogP contribution in [0.1, 0.15) is 296 Å². The normalized spacial score (nSPS) is 13.5. The van der Waals surface area contributed by atoms with Crippen LogP contribution in [0.3, 0.4) is 0 Å². The van der Waals surface area contributed by atoms with Crippen LogP contribution in [0, 0.1) is 0 Å².